The lowest BCUT2D eigenvalue weighted by molar-refractivity contribution is -0.165. The molecule has 0 saturated heterocycles. The van der Waals surface area contributed by atoms with Crippen LogP contribution < -0.4 is 4.74 Å². The first-order chi connectivity index (χ1) is 15.7. The first kappa shape index (κ1) is 25.2. The van der Waals surface area contributed by atoms with Crippen molar-refractivity contribution in [2.45, 2.75) is 77.6 Å². The van der Waals surface area contributed by atoms with Gasteiger partial charge in [-0.1, -0.05) is 32.9 Å². The Bertz CT molecular complexity index is 837. The van der Waals surface area contributed by atoms with Crippen LogP contribution in [0, 0.1) is 5.92 Å². The third-order valence-corrected chi connectivity index (χ3v) is 6.03. The Labute approximate surface area is 196 Å². The molecule has 0 aromatic heterocycles. The van der Waals surface area contributed by atoms with Gasteiger partial charge < -0.3 is 23.7 Å². The Kier molecular flexibility index (Phi) is 8.54. The summed E-state index contributed by atoms with van der Waals surface area (Å²) in [4.78, 5) is 25.1. The second kappa shape index (κ2) is 11.2. The lowest BCUT2D eigenvalue weighted by Gasteiger charge is -2.37. The monoisotopic (exact) mass is 460 g/mol. The molecular formula is C26H36O7. The van der Waals surface area contributed by atoms with Gasteiger partial charge in [0, 0.05) is 13.0 Å². The van der Waals surface area contributed by atoms with E-state index < -0.39 is 12.1 Å². The average Bonchev–Trinajstić information content (AvgIpc) is 2.78. The zero-order valence-corrected chi connectivity index (χ0v) is 20.3. The third-order valence-electron chi connectivity index (χ3n) is 6.03. The van der Waals surface area contributed by atoms with Crippen LogP contribution in [0.25, 0.3) is 0 Å². The van der Waals surface area contributed by atoms with Gasteiger partial charge in [-0.25, -0.2) is 4.79 Å². The van der Waals surface area contributed by atoms with Crippen molar-refractivity contribution < 1.29 is 33.3 Å². The largest absolute Gasteiger partial charge is 0.493 e. The van der Waals surface area contributed by atoms with Crippen molar-refractivity contribution in [3.63, 3.8) is 0 Å². The van der Waals surface area contributed by atoms with E-state index in [1.165, 1.54) is 11.8 Å². The van der Waals surface area contributed by atoms with Gasteiger partial charge in [-0.2, -0.15) is 0 Å². The fourth-order valence-electron chi connectivity index (χ4n) is 4.09. The van der Waals surface area contributed by atoms with Gasteiger partial charge in [0.1, 0.15) is 24.7 Å². The highest BCUT2D eigenvalue weighted by molar-refractivity contribution is 5.96. The summed E-state index contributed by atoms with van der Waals surface area (Å²) in [6.07, 6.45) is 2.09. The van der Waals surface area contributed by atoms with Gasteiger partial charge in [-0.05, 0) is 49.8 Å². The minimum absolute atomic E-state index is 0.0482. The first-order valence-electron chi connectivity index (χ1n) is 11.8. The molecule has 0 N–H and O–H groups in total. The van der Waals surface area contributed by atoms with Gasteiger partial charge in [0.2, 0.25) is 11.5 Å². The summed E-state index contributed by atoms with van der Waals surface area (Å²) < 4.78 is 27.9. The number of hydrogen-bond donors (Lipinski definition) is 0. The number of Topliss-reactive ketones (excluding diaryl/α,β-unsaturated/α-hetero) is 1. The third kappa shape index (κ3) is 6.81. The Morgan fingerprint density at radius 2 is 1.88 bits per heavy atom. The van der Waals surface area contributed by atoms with E-state index in [1.54, 1.807) is 6.92 Å². The molecule has 1 fully saturated rings. The van der Waals surface area contributed by atoms with E-state index in [4.69, 9.17) is 23.7 Å². The lowest BCUT2D eigenvalue weighted by Crippen LogP contribution is -2.43. The Balaban J connectivity index is 1.51. The standard InChI is InChI=1S/C26H36O7/c1-6-29-13-14-30-25(28)17(2)32-20-11-12-21-22(15-20)31-16-23(24(21)27)33-19-9-7-18(8-10-19)26(3,4)5/h7-10,16-17,20-22H,6,11-15H2,1-5H3. The van der Waals surface area contributed by atoms with Crippen molar-refractivity contribution >= 4 is 11.8 Å². The van der Waals surface area contributed by atoms with E-state index in [2.05, 4.69) is 20.8 Å². The van der Waals surface area contributed by atoms with Crippen LogP contribution in [0.1, 0.15) is 59.4 Å². The predicted octanol–water partition coefficient (Wildman–Crippen LogP) is 4.33. The van der Waals surface area contributed by atoms with Gasteiger partial charge in [0.05, 0.1) is 18.6 Å². The SMILES string of the molecule is CCOCCOC(=O)C(C)OC1CCC2C(=O)C(Oc3ccc(C(C)(C)C)cc3)=COC2C1. The molecule has 1 aromatic rings. The molecule has 1 aliphatic heterocycles. The van der Waals surface area contributed by atoms with Gasteiger partial charge in [0.15, 0.2) is 6.10 Å². The van der Waals surface area contributed by atoms with E-state index >= 15 is 0 Å². The van der Waals surface area contributed by atoms with Crippen LogP contribution in [0.3, 0.4) is 0 Å². The van der Waals surface area contributed by atoms with Crippen molar-refractivity contribution in [2.75, 3.05) is 19.8 Å². The molecule has 7 nitrogen and oxygen atoms in total. The maximum atomic E-state index is 13.0. The zero-order valence-electron chi connectivity index (χ0n) is 20.3. The van der Waals surface area contributed by atoms with Crippen LogP contribution in [0.5, 0.6) is 5.75 Å². The number of rotatable bonds is 9. The number of esters is 1. The number of hydrogen-bond acceptors (Lipinski definition) is 7. The van der Waals surface area contributed by atoms with E-state index in [-0.39, 0.29) is 41.7 Å². The molecule has 1 aliphatic carbocycles. The number of carbonyl (C=O) groups excluding carboxylic acids is 2. The molecule has 7 heteroatoms. The van der Waals surface area contributed by atoms with Gasteiger partial charge >= 0.3 is 5.97 Å². The number of fused-ring (bicyclic) bond motifs is 1. The average molecular weight is 461 g/mol. The van der Waals surface area contributed by atoms with E-state index in [0.29, 0.717) is 38.2 Å². The Morgan fingerprint density at radius 3 is 2.55 bits per heavy atom. The highest BCUT2D eigenvalue weighted by Gasteiger charge is 2.42. The summed E-state index contributed by atoms with van der Waals surface area (Å²) in [6, 6.07) is 7.78. The fraction of sp³-hybridized carbons (Fsp3) is 0.615. The maximum Gasteiger partial charge on any atom is 0.335 e. The molecule has 0 spiro atoms. The normalized spacial score (nSPS) is 23.7. The predicted molar refractivity (Wildman–Crippen MR) is 123 cm³/mol. The topological polar surface area (TPSA) is 80.3 Å². The molecule has 4 atom stereocenters. The number of carbonyl (C=O) groups is 2. The second-order valence-corrected chi connectivity index (χ2v) is 9.58. The van der Waals surface area contributed by atoms with E-state index in [9.17, 15) is 9.59 Å². The van der Waals surface area contributed by atoms with Gasteiger partial charge in [0.25, 0.3) is 0 Å². The highest BCUT2D eigenvalue weighted by atomic mass is 16.6. The van der Waals surface area contributed by atoms with Crippen LogP contribution in [0.4, 0.5) is 0 Å². The summed E-state index contributed by atoms with van der Waals surface area (Å²) in [6.45, 7) is 11.2. The Morgan fingerprint density at radius 1 is 1.15 bits per heavy atom. The summed E-state index contributed by atoms with van der Waals surface area (Å²) >= 11 is 0. The molecule has 4 unspecified atom stereocenters. The molecule has 33 heavy (non-hydrogen) atoms. The van der Waals surface area contributed by atoms with Crippen molar-refractivity contribution in [1.29, 1.82) is 0 Å². The van der Waals surface area contributed by atoms with Crippen molar-refractivity contribution in [1.82, 2.24) is 0 Å². The molecule has 0 bridgehead atoms. The summed E-state index contributed by atoms with van der Waals surface area (Å²) in [5.74, 6) is 0.106. The van der Waals surface area contributed by atoms with Crippen molar-refractivity contribution in [3.05, 3.63) is 41.9 Å². The molecular weight excluding hydrogens is 424 g/mol. The summed E-state index contributed by atoms with van der Waals surface area (Å²) in [5.41, 5.74) is 1.24. The molecule has 182 valence electrons. The smallest absolute Gasteiger partial charge is 0.335 e. The molecule has 1 aromatic carbocycles. The fourth-order valence-corrected chi connectivity index (χ4v) is 4.09. The number of ether oxygens (including phenoxy) is 5. The number of ketones is 1. The molecule has 0 amide bonds. The quantitative estimate of drug-likeness (QED) is 0.401. The number of allylic oxidation sites excluding steroid dienone is 1. The zero-order chi connectivity index (χ0) is 24.0. The molecule has 2 aliphatic rings. The minimum Gasteiger partial charge on any atom is -0.493 e. The highest BCUT2D eigenvalue weighted by Crippen LogP contribution is 2.35. The van der Waals surface area contributed by atoms with Crippen molar-refractivity contribution in [2.24, 2.45) is 5.92 Å². The lowest BCUT2D eigenvalue weighted by atomic mass is 9.80. The van der Waals surface area contributed by atoms with Crippen LogP contribution in [-0.2, 0) is 34.0 Å². The van der Waals surface area contributed by atoms with Crippen molar-refractivity contribution in [3.8, 4) is 5.75 Å². The number of benzene rings is 1. The van der Waals surface area contributed by atoms with Gasteiger partial charge in [-0.3, -0.25) is 4.79 Å². The summed E-state index contributed by atoms with van der Waals surface area (Å²) in [7, 11) is 0. The maximum absolute atomic E-state index is 13.0. The minimum atomic E-state index is -0.682. The van der Waals surface area contributed by atoms with Crippen LogP contribution in [0.2, 0.25) is 0 Å². The second-order valence-electron chi connectivity index (χ2n) is 9.58. The Hall–Kier alpha value is -2.38. The molecule has 1 saturated carbocycles. The van der Waals surface area contributed by atoms with Gasteiger partial charge in [-0.15, -0.1) is 0 Å². The molecule has 0 radical (unpaired) electrons. The van der Waals surface area contributed by atoms with E-state index in [1.807, 2.05) is 31.2 Å². The summed E-state index contributed by atoms with van der Waals surface area (Å²) in [5, 5.41) is 0. The molecule has 3 rings (SSSR count). The molecule has 1 heterocycles. The van der Waals surface area contributed by atoms with E-state index in [0.717, 1.165) is 0 Å². The van der Waals surface area contributed by atoms with Crippen LogP contribution in [-0.4, -0.2) is 49.9 Å². The van der Waals surface area contributed by atoms with Crippen LogP contribution >= 0.6 is 0 Å². The first-order valence-corrected chi connectivity index (χ1v) is 11.8. The van der Waals surface area contributed by atoms with Crippen LogP contribution in [0.15, 0.2) is 36.3 Å².